The maximum atomic E-state index is 4.74. The smallest absolute Gasteiger partial charge is 0.0906 e. The highest BCUT2D eigenvalue weighted by molar-refractivity contribution is 5.67. The first-order valence-electron chi connectivity index (χ1n) is 13.5. The molecule has 0 fully saturated rings. The van der Waals surface area contributed by atoms with Crippen molar-refractivity contribution < 1.29 is 0 Å². The zero-order valence-electron chi connectivity index (χ0n) is 23.2. The molecule has 0 spiro atoms. The van der Waals surface area contributed by atoms with E-state index in [1.165, 1.54) is 0 Å². The van der Waals surface area contributed by atoms with E-state index in [2.05, 4.69) is 67.3 Å². The Morgan fingerprint density at radius 2 is 0.614 bits per heavy atom. The molecule has 0 radical (unpaired) electrons. The van der Waals surface area contributed by atoms with Crippen molar-refractivity contribution in [3.63, 3.8) is 0 Å². The Morgan fingerprint density at radius 3 is 0.886 bits per heavy atom. The van der Waals surface area contributed by atoms with Crippen molar-refractivity contribution in [2.75, 3.05) is 0 Å². The molecule has 0 aromatic carbocycles. The highest BCUT2D eigenvalue weighted by Gasteiger charge is 2.09. The Morgan fingerprint density at radius 1 is 0.318 bits per heavy atom. The standard InChI is InChI=1S/C38H20N6/c1(3-5-15-29-25-35(31-17-7-11-21-39-31)43-36(26-29)32-18-8-12-22-40-32)2-4-6-16-30-27-37(33-19-9-13-23-41-33)44-38(28-30)34-20-10-14-24-42-34/h7-14,17-28H. The van der Waals surface area contributed by atoms with Gasteiger partial charge < -0.3 is 0 Å². The molecule has 0 aliphatic rings. The fraction of sp³-hybridized carbons (Fsp3) is 0. The lowest BCUT2D eigenvalue weighted by atomic mass is 10.1. The third-order valence-electron chi connectivity index (χ3n) is 6.09. The first kappa shape index (κ1) is 27.3. The highest BCUT2D eigenvalue weighted by Crippen LogP contribution is 2.23. The number of hydrogen-bond acceptors (Lipinski definition) is 6. The van der Waals surface area contributed by atoms with Gasteiger partial charge in [0.2, 0.25) is 0 Å². The minimum atomic E-state index is 0.703. The van der Waals surface area contributed by atoms with Crippen molar-refractivity contribution >= 4 is 0 Å². The maximum Gasteiger partial charge on any atom is 0.0906 e. The van der Waals surface area contributed by atoms with E-state index in [0.717, 1.165) is 33.9 Å². The predicted octanol–water partition coefficient (Wildman–Crippen LogP) is 6.13. The Labute approximate surface area is 255 Å². The number of pyridine rings is 6. The molecule has 0 amide bonds. The SMILES string of the molecule is C(C#CC#Cc1cc(-c2ccccn2)nc(-c2ccccn2)c1)#CC#Cc1cc(-c2ccccn2)nc(-c2ccccn2)c1. The molecule has 0 aliphatic carbocycles. The van der Waals surface area contributed by atoms with Crippen LogP contribution >= 0.6 is 0 Å². The summed E-state index contributed by atoms with van der Waals surface area (Å²) in [6.45, 7) is 0. The van der Waals surface area contributed by atoms with Crippen molar-refractivity contribution in [1.29, 1.82) is 0 Å². The average molecular weight is 561 g/mol. The van der Waals surface area contributed by atoms with E-state index in [4.69, 9.17) is 9.97 Å². The molecule has 202 valence electrons. The van der Waals surface area contributed by atoms with Crippen LogP contribution in [0.5, 0.6) is 0 Å². The molecule has 6 aromatic heterocycles. The summed E-state index contributed by atoms with van der Waals surface area (Å²) in [6.07, 6.45) is 6.93. The number of hydrogen-bond donors (Lipinski definition) is 0. The van der Waals surface area contributed by atoms with E-state index in [1.54, 1.807) is 24.8 Å². The van der Waals surface area contributed by atoms with E-state index in [1.807, 2.05) is 97.1 Å². The fourth-order valence-corrected chi connectivity index (χ4v) is 4.12. The molecule has 6 heteroatoms. The fourth-order valence-electron chi connectivity index (χ4n) is 4.12. The largest absolute Gasteiger partial charge is 0.255 e. The molecule has 0 saturated heterocycles. The molecular formula is C38H20N6. The number of nitrogens with zero attached hydrogens (tertiary/aromatic N) is 6. The summed E-state index contributed by atoms with van der Waals surface area (Å²) in [7, 11) is 0. The number of rotatable bonds is 4. The molecule has 6 aromatic rings. The molecular weight excluding hydrogens is 540 g/mol. The minimum absolute atomic E-state index is 0.703. The van der Waals surface area contributed by atoms with Crippen LogP contribution < -0.4 is 0 Å². The van der Waals surface area contributed by atoms with Crippen LogP contribution in [0.4, 0.5) is 0 Å². The molecule has 6 nitrogen and oxygen atoms in total. The van der Waals surface area contributed by atoms with Crippen molar-refractivity contribution in [2.45, 2.75) is 0 Å². The van der Waals surface area contributed by atoms with Gasteiger partial charge in [-0.15, -0.1) is 0 Å². The van der Waals surface area contributed by atoms with Gasteiger partial charge in [0.1, 0.15) is 0 Å². The summed E-state index contributed by atoms with van der Waals surface area (Å²) < 4.78 is 0. The van der Waals surface area contributed by atoms with Crippen LogP contribution in [0.2, 0.25) is 0 Å². The average Bonchev–Trinajstić information content (AvgIpc) is 3.10. The van der Waals surface area contributed by atoms with Gasteiger partial charge >= 0.3 is 0 Å². The first-order valence-corrected chi connectivity index (χ1v) is 13.5. The summed E-state index contributed by atoms with van der Waals surface area (Å²) in [5.41, 5.74) is 7.29. The lowest BCUT2D eigenvalue weighted by molar-refractivity contribution is 1.21. The van der Waals surface area contributed by atoms with Gasteiger partial charge in [-0.05, 0) is 108 Å². The monoisotopic (exact) mass is 560 g/mol. The van der Waals surface area contributed by atoms with Crippen LogP contribution in [0.1, 0.15) is 11.1 Å². The van der Waals surface area contributed by atoms with E-state index in [9.17, 15) is 0 Å². The molecule has 0 aliphatic heterocycles. The zero-order chi connectivity index (χ0) is 29.8. The van der Waals surface area contributed by atoms with Crippen LogP contribution in [0.15, 0.2) is 122 Å². The molecule has 0 unspecified atom stereocenters. The molecule has 44 heavy (non-hydrogen) atoms. The van der Waals surface area contributed by atoms with Gasteiger partial charge in [0, 0.05) is 35.9 Å². The van der Waals surface area contributed by atoms with Crippen LogP contribution in [0.3, 0.4) is 0 Å². The van der Waals surface area contributed by atoms with Gasteiger partial charge in [-0.3, -0.25) is 19.9 Å². The molecule has 0 saturated carbocycles. The van der Waals surface area contributed by atoms with Crippen molar-refractivity contribution in [3.8, 4) is 92.9 Å². The minimum Gasteiger partial charge on any atom is -0.255 e. The third-order valence-corrected chi connectivity index (χ3v) is 6.09. The molecule has 0 atom stereocenters. The Kier molecular flexibility index (Phi) is 8.49. The van der Waals surface area contributed by atoms with Crippen molar-refractivity contribution in [2.24, 2.45) is 0 Å². The predicted molar refractivity (Wildman–Crippen MR) is 171 cm³/mol. The highest BCUT2D eigenvalue weighted by atomic mass is 14.8. The maximum absolute atomic E-state index is 4.74. The molecule has 6 heterocycles. The second-order valence-electron chi connectivity index (χ2n) is 9.11. The summed E-state index contributed by atoms with van der Waals surface area (Å²) >= 11 is 0. The Bertz CT molecular complexity index is 1890. The van der Waals surface area contributed by atoms with E-state index in [0.29, 0.717) is 22.8 Å². The summed E-state index contributed by atoms with van der Waals surface area (Å²) in [6, 6.07) is 30.3. The van der Waals surface area contributed by atoms with Gasteiger partial charge in [-0.2, -0.15) is 0 Å². The van der Waals surface area contributed by atoms with Gasteiger partial charge in [0.05, 0.1) is 45.6 Å². The van der Waals surface area contributed by atoms with Gasteiger partial charge in [-0.1, -0.05) is 36.1 Å². The van der Waals surface area contributed by atoms with Gasteiger partial charge in [0.25, 0.3) is 0 Å². The van der Waals surface area contributed by atoms with Gasteiger partial charge in [0.15, 0.2) is 0 Å². The van der Waals surface area contributed by atoms with Crippen molar-refractivity contribution in [1.82, 2.24) is 29.9 Å². The van der Waals surface area contributed by atoms with Crippen LogP contribution in [0.25, 0.3) is 45.6 Å². The number of aromatic nitrogens is 6. The second kappa shape index (κ2) is 13.7. The molecule has 0 N–H and O–H groups in total. The first-order chi connectivity index (χ1) is 21.8. The second-order valence-corrected chi connectivity index (χ2v) is 9.11. The normalized spacial score (nSPS) is 9.55. The quantitative estimate of drug-likeness (QED) is 0.241. The Hall–Kier alpha value is -6.86. The Balaban J connectivity index is 1.23. The lowest BCUT2D eigenvalue weighted by Gasteiger charge is -2.05. The van der Waals surface area contributed by atoms with E-state index >= 15 is 0 Å². The van der Waals surface area contributed by atoms with Crippen LogP contribution in [0, 0.1) is 47.4 Å². The third kappa shape index (κ3) is 7.06. The zero-order valence-corrected chi connectivity index (χ0v) is 23.2. The summed E-state index contributed by atoms with van der Waals surface area (Å²) in [5, 5.41) is 0. The van der Waals surface area contributed by atoms with E-state index in [-0.39, 0.29) is 0 Å². The molecule has 6 rings (SSSR count). The van der Waals surface area contributed by atoms with Crippen LogP contribution in [-0.4, -0.2) is 29.9 Å². The molecule has 0 bridgehead atoms. The van der Waals surface area contributed by atoms with Gasteiger partial charge in [-0.25, -0.2) is 9.97 Å². The van der Waals surface area contributed by atoms with Crippen LogP contribution in [-0.2, 0) is 0 Å². The lowest BCUT2D eigenvalue weighted by Crippen LogP contribution is -1.93. The van der Waals surface area contributed by atoms with E-state index < -0.39 is 0 Å². The van der Waals surface area contributed by atoms with Crippen molar-refractivity contribution in [3.05, 3.63) is 133 Å². The summed E-state index contributed by atoms with van der Waals surface area (Å²) in [4.78, 5) is 27.2. The summed E-state index contributed by atoms with van der Waals surface area (Å²) in [5.74, 6) is 23.0. The topological polar surface area (TPSA) is 77.3 Å².